The molecule has 0 aliphatic carbocycles. The third kappa shape index (κ3) is 6.27. The van der Waals surface area contributed by atoms with E-state index in [2.05, 4.69) is 52.0 Å². The molecule has 1 aliphatic heterocycles. The number of likely N-dealkylation sites (N-methyl/N-ethyl adjacent to an activating group) is 2. The summed E-state index contributed by atoms with van der Waals surface area (Å²) in [7, 11) is 3.32. The van der Waals surface area contributed by atoms with Crippen molar-refractivity contribution in [2.75, 3.05) is 52.2 Å². The topological polar surface area (TPSA) is 94.1 Å². The Bertz CT molecular complexity index is 727. The minimum Gasteiger partial charge on any atom is -0.496 e. The van der Waals surface area contributed by atoms with E-state index < -0.39 is 6.10 Å². The summed E-state index contributed by atoms with van der Waals surface area (Å²) in [5.74, 6) is 0.0183. The Balaban J connectivity index is 2.08. The quantitative estimate of drug-likeness (QED) is 0.428. The van der Waals surface area contributed by atoms with E-state index >= 15 is 0 Å². The lowest BCUT2D eigenvalue weighted by molar-refractivity contribution is -0.120. The van der Waals surface area contributed by atoms with Gasteiger partial charge in [-0.2, -0.15) is 0 Å². The number of nitrogens with one attached hydrogen (secondary N) is 2. The van der Waals surface area contributed by atoms with E-state index in [0.29, 0.717) is 36.5 Å². The number of hydrogen-bond donors (Lipinski definition) is 3. The van der Waals surface area contributed by atoms with Crippen molar-refractivity contribution in [3.63, 3.8) is 0 Å². The molecule has 0 bridgehead atoms. The van der Waals surface area contributed by atoms with Crippen molar-refractivity contribution < 1.29 is 19.4 Å². The number of benzene rings is 1. The van der Waals surface area contributed by atoms with Crippen LogP contribution in [-0.2, 0) is 4.79 Å². The fourth-order valence-electron chi connectivity index (χ4n) is 3.45. The zero-order chi connectivity index (χ0) is 21.6. The van der Waals surface area contributed by atoms with E-state index in [0.717, 1.165) is 23.2 Å². The van der Waals surface area contributed by atoms with Gasteiger partial charge in [0.2, 0.25) is 5.91 Å². The van der Waals surface area contributed by atoms with Crippen LogP contribution in [0, 0.1) is 3.57 Å². The van der Waals surface area contributed by atoms with Crippen LogP contribution in [0.2, 0.25) is 0 Å². The average molecular weight is 518 g/mol. The zero-order valence-electron chi connectivity index (χ0n) is 17.5. The maximum atomic E-state index is 12.6. The Labute approximate surface area is 186 Å². The highest BCUT2D eigenvalue weighted by Crippen LogP contribution is 2.29. The van der Waals surface area contributed by atoms with Crippen molar-refractivity contribution in [1.29, 1.82) is 0 Å². The van der Waals surface area contributed by atoms with Crippen LogP contribution in [0.5, 0.6) is 5.75 Å². The molecule has 2 rings (SSSR count). The van der Waals surface area contributed by atoms with Crippen LogP contribution in [0.15, 0.2) is 12.1 Å². The van der Waals surface area contributed by atoms with E-state index in [-0.39, 0.29) is 17.9 Å². The van der Waals surface area contributed by atoms with Gasteiger partial charge in [0.05, 0.1) is 30.5 Å². The summed E-state index contributed by atoms with van der Waals surface area (Å²) < 4.78 is 6.14. The summed E-state index contributed by atoms with van der Waals surface area (Å²) in [6, 6.07) is 3.01. The van der Waals surface area contributed by atoms with Crippen LogP contribution in [0.3, 0.4) is 0 Å². The predicted octanol–water partition coefficient (Wildman–Crippen LogP) is 1.37. The molecule has 2 amide bonds. The maximum absolute atomic E-state index is 12.6. The molecule has 1 heterocycles. The lowest BCUT2D eigenvalue weighted by Crippen LogP contribution is -2.37. The first-order valence-electron chi connectivity index (χ1n) is 9.87. The van der Waals surface area contributed by atoms with Gasteiger partial charge in [-0.3, -0.25) is 14.5 Å². The van der Waals surface area contributed by atoms with Crippen LogP contribution >= 0.6 is 22.6 Å². The third-order valence-corrected chi connectivity index (χ3v) is 6.12. The van der Waals surface area contributed by atoms with E-state index in [4.69, 9.17) is 4.74 Å². The molecule has 1 saturated heterocycles. The van der Waals surface area contributed by atoms with Crippen molar-refractivity contribution in [3.8, 4) is 5.75 Å². The molecule has 2 atom stereocenters. The van der Waals surface area contributed by atoms with Crippen molar-refractivity contribution in [1.82, 2.24) is 15.1 Å². The van der Waals surface area contributed by atoms with Gasteiger partial charge in [-0.15, -0.1) is 0 Å². The number of likely N-dealkylation sites (tertiary alicyclic amines) is 1. The Kier molecular flexibility index (Phi) is 9.12. The lowest BCUT2D eigenvalue weighted by atomic mass is 10.1. The van der Waals surface area contributed by atoms with E-state index in [1.165, 1.54) is 7.11 Å². The fraction of sp³-hybridized carbons (Fsp3) is 0.600. The predicted molar refractivity (Wildman–Crippen MR) is 122 cm³/mol. The largest absolute Gasteiger partial charge is 0.496 e. The molecule has 1 aromatic carbocycles. The number of carbonyl (C=O) groups is 2. The minimum atomic E-state index is -0.494. The van der Waals surface area contributed by atoms with Crippen molar-refractivity contribution in [3.05, 3.63) is 21.3 Å². The van der Waals surface area contributed by atoms with Gasteiger partial charge >= 0.3 is 0 Å². The second kappa shape index (κ2) is 11.1. The first-order valence-corrected chi connectivity index (χ1v) is 11.0. The summed E-state index contributed by atoms with van der Waals surface area (Å²) in [5, 5.41) is 15.6. The van der Waals surface area contributed by atoms with Gasteiger partial charge in [0, 0.05) is 29.3 Å². The number of anilines is 1. The third-order valence-electron chi connectivity index (χ3n) is 5.23. The number of aliphatic hydroxyl groups is 1. The van der Waals surface area contributed by atoms with Gasteiger partial charge in [0.25, 0.3) is 5.91 Å². The highest BCUT2D eigenvalue weighted by molar-refractivity contribution is 14.1. The normalized spacial score (nSPS) is 19.4. The van der Waals surface area contributed by atoms with Gasteiger partial charge in [0.1, 0.15) is 5.75 Å². The highest BCUT2D eigenvalue weighted by Gasteiger charge is 2.33. The second-order valence-electron chi connectivity index (χ2n) is 7.15. The first-order chi connectivity index (χ1) is 13.8. The number of aliphatic hydroxyl groups excluding tert-OH is 1. The minimum absolute atomic E-state index is 0.180. The van der Waals surface area contributed by atoms with E-state index in [9.17, 15) is 14.7 Å². The molecule has 1 aromatic rings. The monoisotopic (exact) mass is 518 g/mol. The molecule has 8 nitrogen and oxygen atoms in total. The number of rotatable bonds is 9. The summed E-state index contributed by atoms with van der Waals surface area (Å²) in [4.78, 5) is 29.3. The van der Waals surface area contributed by atoms with Crippen molar-refractivity contribution in [2.45, 2.75) is 32.4 Å². The molecule has 1 fully saturated rings. The van der Waals surface area contributed by atoms with Gasteiger partial charge < -0.3 is 25.4 Å². The molecule has 162 valence electrons. The van der Waals surface area contributed by atoms with Crippen molar-refractivity contribution >= 4 is 40.1 Å². The maximum Gasteiger partial charge on any atom is 0.255 e. The standard InChI is InChI=1S/C20H31IN4O4/c1-5-25(6-2)8-7-22-19(27)14-10-15(21)16(11-18(14)29-4)23-20(28)17-9-13(26)12-24(17)3/h10-11,13,17,26H,5-9,12H2,1-4H3,(H,22,27)(H,23,28). The SMILES string of the molecule is CCN(CC)CCNC(=O)c1cc(I)c(NC(=O)C2CC(O)CN2C)cc1OC. The number of ether oxygens (including phenoxy) is 1. The number of methoxy groups -OCH3 is 1. The molecule has 0 radical (unpaired) electrons. The van der Waals surface area contributed by atoms with Gasteiger partial charge in [-0.25, -0.2) is 0 Å². The lowest BCUT2D eigenvalue weighted by Gasteiger charge is -2.20. The van der Waals surface area contributed by atoms with Crippen molar-refractivity contribution in [2.24, 2.45) is 0 Å². The molecule has 0 spiro atoms. The number of nitrogens with zero attached hydrogens (tertiary/aromatic N) is 2. The Hall–Kier alpha value is -1.43. The zero-order valence-corrected chi connectivity index (χ0v) is 19.7. The number of amides is 2. The Morgan fingerprint density at radius 2 is 2.03 bits per heavy atom. The molecular weight excluding hydrogens is 487 g/mol. The number of β-amino-alcohol motifs (C(OH)–C–C–N with tert-alkyl or cyclic N) is 1. The van der Waals surface area contributed by atoms with Crippen LogP contribution in [-0.4, -0.2) is 85.7 Å². The first kappa shape index (κ1) is 23.8. The molecule has 0 saturated carbocycles. The molecule has 2 unspecified atom stereocenters. The Morgan fingerprint density at radius 1 is 1.34 bits per heavy atom. The molecule has 1 aliphatic rings. The highest BCUT2D eigenvalue weighted by atomic mass is 127. The van der Waals surface area contributed by atoms with Crippen LogP contribution in [0.25, 0.3) is 0 Å². The average Bonchev–Trinajstić information content (AvgIpc) is 3.04. The van der Waals surface area contributed by atoms with Crippen LogP contribution < -0.4 is 15.4 Å². The molecule has 0 aromatic heterocycles. The number of halogens is 1. The molecule has 3 N–H and O–H groups in total. The fourth-order valence-corrected chi connectivity index (χ4v) is 4.06. The second-order valence-corrected chi connectivity index (χ2v) is 8.31. The number of carbonyl (C=O) groups excluding carboxylic acids is 2. The Morgan fingerprint density at radius 3 is 2.59 bits per heavy atom. The van der Waals surface area contributed by atoms with E-state index in [1.54, 1.807) is 12.1 Å². The summed E-state index contributed by atoms with van der Waals surface area (Å²) in [6.45, 7) is 7.87. The van der Waals surface area contributed by atoms with Crippen LogP contribution in [0.4, 0.5) is 5.69 Å². The summed E-state index contributed by atoms with van der Waals surface area (Å²) >= 11 is 2.10. The van der Waals surface area contributed by atoms with Gasteiger partial charge in [-0.1, -0.05) is 13.8 Å². The summed E-state index contributed by atoms with van der Waals surface area (Å²) in [6.07, 6.45) is -0.0879. The smallest absolute Gasteiger partial charge is 0.255 e. The molecular formula is C20H31IN4O4. The summed E-state index contributed by atoms with van der Waals surface area (Å²) in [5.41, 5.74) is 1.02. The number of hydrogen-bond acceptors (Lipinski definition) is 6. The van der Waals surface area contributed by atoms with E-state index in [1.807, 2.05) is 11.9 Å². The molecule has 9 heteroatoms. The van der Waals surface area contributed by atoms with Crippen LogP contribution in [0.1, 0.15) is 30.6 Å². The molecule has 29 heavy (non-hydrogen) atoms. The van der Waals surface area contributed by atoms with Gasteiger partial charge in [-0.05, 0) is 55.2 Å². The van der Waals surface area contributed by atoms with Gasteiger partial charge in [0.15, 0.2) is 0 Å².